The lowest BCUT2D eigenvalue weighted by atomic mass is 10.5. The Labute approximate surface area is 50.1 Å². The van der Waals surface area contributed by atoms with Gasteiger partial charge in [0.25, 0.3) is 0 Å². The van der Waals surface area contributed by atoms with Crippen LogP contribution in [0.4, 0.5) is 0 Å². The second-order valence-corrected chi connectivity index (χ2v) is 2.75. The molecule has 3 nitrogen and oxygen atoms in total. The lowest BCUT2D eigenvalue weighted by Crippen LogP contribution is -2.01. The largest absolute Gasteiger partial charge is 0.331 e. The highest BCUT2D eigenvalue weighted by Crippen LogP contribution is 2.14. The SMILES string of the molecule is C[PH](=O)OCCCN. The maximum atomic E-state index is 10.2. The van der Waals surface area contributed by atoms with Gasteiger partial charge in [0.15, 0.2) is 8.03 Å². The quantitative estimate of drug-likeness (QED) is 0.452. The van der Waals surface area contributed by atoms with Gasteiger partial charge in [-0.25, -0.2) is 0 Å². The number of hydrogen-bond acceptors (Lipinski definition) is 3. The molecule has 0 aliphatic rings. The van der Waals surface area contributed by atoms with E-state index >= 15 is 0 Å². The van der Waals surface area contributed by atoms with Gasteiger partial charge >= 0.3 is 0 Å². The fourth-order valence-corrected chi connectivity index (χ4v) is 0.731. The van der Waals surface area contributed by atoms with E-state index in [1.807, 2.05) is 0 Å². The van der Waals surface area contributed by atoms with Crippen LogP contribution in [-0.2, 0) is 9.09 Å². The van der Waals surface area contributed by atoms with E-state index < -0.39 is 8.03 Å². The minimum atomic E-state index is -1.71. The van der Waals surface area contributed by atoms with Crippen LogP contribution in [0.3, 0.4) is 0 Å². The van der Waals surface area contributed by atoms with Crippen molar-refractivity contribution >= 4 is 8.03 Å². The van der Waals surface area contributed by atoms with Gasteiger partial charge in [-0.2, -0.15) is 0 Å². The molecule has 0 aliphatic heterocycles. The van der Waals surface area contributed by atoms with Gasteiger partial charge < -0.3 is 10.3 Å². The molecule has 0 aliphatic carbocycles. The predicted molar refractivity (Wildman–Crippen MR) is 34.5 cm³/mol. The first-order valence-electron chi connectivity index (χ1n) is 2.61. The molecular weight excluding hydrogens is 125 g/mol. The molecular formula is C4H12NO2P. The summed E-state index contributed by atoms with van der Waals surface area (Å²) >= 11 is 0. The highest BCUT2D eigenvalue weighted by Gasteiger charge is 1.86. The third kappa shape index (κ3) is 6.15. The summed E-state index contributed by atoms with van der Waals surface area (Å²) in [7, 11) is -1.71. The minimum absolute atomic E-state index is 0.533. The normalized spacial score (nSPS) is 13.8. The molecule has 1 atom stereocenters. The fraction of sp³-hybridized carbons (Fsp3) is 1.00. The van der Waals surface area contributed by atoms with Crippen molar-refractivity contribution in [2.75, 3.05) is 19.8 Å². The molecule has 8 heavy (non-hydrogen) atoms. The van der Waals surface area contributed by atoms with E-state index in [2.05, 4.69) is 0 Å². The fourth-order valence-electron chi connectivity index (χ4n) is 0.299. The van der Waals surface area contributed by atoms with Crippen molar-refractivity contribution in [3.05, 3.63) is 0 Å². The third-order valence-corrected chi connectivity index (χ3v) is 1.26. The molecule has 0 radical (unpaired) electrons. The van der Waals surface area contributed by atoms with Crippen LogP contribution in [0.2, 0.25) is 0 Å². The molecule has 1 unspecified atom stereocenters. The van der Waals surface area contributed by atoms with E-state index in [1.54, 1.807) is 6.66 Å². The van der Waals surface area contributed by atoms with Gasteiger partial charge in [-0.15, -0.1) is 0 Å². The summed E-state index contributed by atoms with van der Waals surface area (Å²) in [5.41, 5.74) is 5.14. The number of rotatable bonds is 4. The second-order valence-electron chi connectivity index (χ2n) is 1.48. The van der Waals surface area contributed by atoms with Gasteiger partial charge in [0, 0.05) is 6.66 Å². The zero-order valence-corrected chi connectivity index (χ0v) is 6.02. The predicted octanol–water partition coefficient (Wildman–Crippen LogP) is 0.456. The van der Waals surface area contributed by atoms with Crippen molar-refractivity contribution in [3.63, 3.8) is 0 Å². The molecule has 4 heteroatoms. The molecule has 0 aromatic rings. The molecule has 0 aromatic heterocycles. The topological polar surface area (TPSA) is 52.3 Å². The zero-order valence-electron chi connectivity index (χ0n) is 5.02. The molecule has 0 saturated heterocycles. The highest BCUT2D eigenvalue weighted by atomic mass is 31.1. The molecule has 0 aromatic carbocycles. The summed E-state index contributed by atoms with van der Waals surface area (Å²) in [5.74, 6) is 0. The van der Waals surface area contributed by atoms with Crippen LogP contribution >= 0.6 is 8.03 Å². The van der Waals surface area contributed by atoms with E-state index in [9.17, 15) is 4.57 Å². The van der Waals surface area contributed by atoms with Crippen molar-refractivity contribution in [3.8, 4) is 0 Å². The molecule has 50 valence electrons. The third-order valence-electron chi connectivity index (χ3n) is 0.654. The van der Waals surface area contributed by atoms with E-state index in [4.69, 9.17) is 10.3 Å². The second kappa shape index (κ2) is 5.29. The van der Waals surface area contributed by atoms with Crippen molar-refractivity contribution in [1.82, 2.24) is 0 Å². The molecule has 0 amide bonds. The van der Waals surface area contributed by atoms with E-state index in [1.165, 1.54) is 0 Å². The Kier molecular flexibility index (Phi) is 5.39. The molecule has 0 rings (SSSR count). The Bertz CT molecular complexity index is 76.4. The van der Waals surface area contributed by atoms with Gasteiger partial charge in [0.05, 0.1) is 6.61 Å². The maximum Gasteiger partial charge on any atom is 0.188 e. The van der Waals surface area contributed by atoms with Gasteiger partial charge in [-0.05, 0) is 13.0 Å². The van der Waals surface area contributed by atoms with E-state index in [0.29, 0.717) is 13.2 Å². The Morgan fingerprint density at radius 2 is 2.38 bits per heavy atom. The van der Waals surface area contributed by atoms with Gasteiger partial charge in [0.1, 0.15) is 0 Å². The Balaban J connectivity index is 2.82. The molecule has 0 fully saturated rings. The van der Waals surface area contributed by atoms with Crippen molar-refractivity contribution in [2.45, 2.75) is 6.42 Å². The van der Waals surface area contributed by atoms with Crippen LogP contribution in [0.15, 0.2) is 0 Å². The first-order chi connectivity index (χ1) is 3.77. The first kappa shape index (κ1) is 8.15. The molecule has 0 spiro atoms. The van der Waals surface area contributed by atoms with Crippen LogP contribution in [0.25, 0.3) is 0 Å². The summed E-state index contributed by atoms with van der Waals surface area (Å²) in [5, 5.41) is 0. The standard InChI is InChI=1S/C4H12NO2P/c1-8(6)7-4-2-3-5/h8H,2-5H2,1H3. The van der Waals surface area contributed by atoms with Crippen LogP contribution in [0, 0.1) is 0 Å². The van der Waals surface area contributed by atoms with Crippen molar-refractivity contribution in [1.29, 1.82) is 0 Å². The Morgan fingerprint density at radius 3 is 2.75 bits per heavy atom. The monoisotopic (exact) mass is 137 g/mol. The van der Waals surface area contributed by atoms with Gasteiger partial charge in [-0.3, -0.25) is 4.57 Å². The molecule has 2 N–H and O–H groups in total. The average molecular weight is 137 g/mol. The molecule has 0 saturated carbocycles. The maximum absolute atomic E-state index is 10.2. The Hall–Kier alpha value is 0.150. The van der Waals surface area contributed by atoms with Crippen LogP contribution < -0.4 is 5.73 Å². The van der Waals surface area contributed by atoms with Crippen molar-refractivity contribution < 1.29 is 9.09 Å². The summed E-state index contributed by atoms with van der Waals surface area (Å²) in [6.07, 6.45) is 0.796. The summed E-state index contributed by atoms with van der Waals surface area (Å²) in [6, 6.07) is 0. The smallest absolute Gasteiger partial charge is 0.188 e. The lowest BCUT2D eigenvalue weighted by molar-refractivity contribution is 0.328. The van der Waals surface area contributed by atoms with Crippen LogP contribution in [-0.4, -0.2) is 19.8 Å². The molecule has 0 heterocycles. The summed E-state index contributed by atoms with van der Waals surface area (Å²) in [4.78, 5) is 0. The van der Waals surface area contributed by atoms with Crippen molar-refractivity contribution in [2.24, 2.45) is 5.73 Å². The first-order valence-corrected chi connectivity index (χ1v) is 4.42. The minimum Gasteiger partial charge on any atom is -0.331 e. The summed E-state index contributed by atoms with van der Waals surface area (Å²) < 4.78 is 15.0. The molecule has 0 bridgehead atoms. The average Bonchev–Trinajstić information content (AvgIpc) is 1.66. The lowest BCUT2D eigenvalue weighted by Gasteiger charge is -1.95. The number of nitrogens with two attached hydrogens (primary N) is 1. The summed E-state index contributed by atoms with van der Waals surface area (Å²) in [6.45, 7) is 2.71. The van der Waals surface area contributed by atoms with E-state index in [0.717, 1.165) is 6.42 Å². The van der Waals surface area contributed by atoms with Gasteiger partial charge in [0.2, 0.25) is 0 Å². The number of hydrogen-bond donors (Lipinski definition) is 1. The van der Waals surface area contributed by atoms with Crippen LogP contribution in [0.5, 0.6) is 0 Å². The van der Waals surface area contributed by atoms with Gasteiger partial charge in [-0.1, -0.05) is 0 Å². The van der Waals surface area contributed by atoms with E-state index in [-0.39, 0.29) is 0 Å². The Morgan fingerprint density at radius 1 is 1.75 bits per heavy atom. The van der Waals surface area contributed by atoms with Crippen LogP contribution in [0.1, 0.15) is 6.42 Å². The zero-order chi connectivity index (χ0) is 6.41. The highest BCUT2D eigenvalue weighted by molar-refractivity contribution is 7.38.